The summed E-state index contributed by atoms with van der Waals surface area (Å²) in [6.07, 6.45) is 3.03. The van der Waals surface area contributed by atoms with Crippen LogP contribution < -0.4 is 0 Å². The van der Waals surface area contributed by atoms with Crippen LogP contribution in [0.1, 0.15) is 12.5 Å². The van der Waals surface area contributed by atoms with Crippen LogP contribution in [0.25, 0.3) is 66.2 Å². The molecule has 0 unspecified atom stereocenters. The fourth-order valence-corrected chi connectivity index (χ4v) is 5.48. The molecule has 0 aliphatic carbocycles. The minimum absolute atomic E-state index is 1.02. The molecule has 0 saturated carbocycles. The zero-order valence-electron chi connectivity index (χ0n) is 22.5. The highest BCUT2D eigenvalue weighted by Gasteiger charge is 2.06. The molecule has 0 N–H and O–H groups in total. The van der Waals surface area contributed by atoms with E-state index in [9.17, 15) is 0 Å². The number of hydrogen-bond acceptors (Lipinski definition) is 1. The molecule has 40 heavy (non-hydrogen) atoms. The number of aromatic nitrogens is 1. The number of pyridine rings is 1. The molecule has 0 saturated heterocycles. The lowest BCUT2D eigenvalue weighted by atomic mass is 9.95. The molecule has 0 aliphatic heterocycles. The van der Waals surface area contributed by atoms with Gasteiger partial charge in [0, 0.05) is 17.1 Å². The molecule has 0 atom stereocenters. The van der Waals surface area contributed by atoms with Gasteiger partial charge in [0.25, 0.3) is 0 Å². The van der Waals surface area contributed by atoms with Crippen LogP contribution in [-0.2, 0) is 6.42 Å². The number of para-hydroxylation sites is 1. The van der Waals surface area contributed by atoms with Crippen molar-refractivity contribution in [3.8, 4) is 44.5 Å². The van der Waals surface area contributed by atoms with E-state index >= 15 is 0 Å². The lowest BCUT2D eigenvalue weighted by molar-refractivity contribution is 1.14. The van der Waals surface area contributed by atoms with E-state index in [1.165, 1.54) is 55.3 Å². The number of fused-ring (bicyclic) bond motifs is 2. The Balaban J connectivity index is 1.16. The van der Waals surface area contributed by atoms with Crippen LogP contribution in [0.4, 0.5) is 0 Å². The van der Waals surface area contributed by atoms with Crippen LogP contribution >= 0.6 is 0 Å². The summed E-state index contributed by atoms with van der Waals surface area (Å²) in [6, 6.07) is 50.5. The van der Waals surface area contributed by atoms with Gasteiger partial charge in [-0.05, 0) is 86.0 Å². The third-order valence-electron chi connectivity index (χ3n) is 7.90. The maximum absolute atomic E-state index is 4.63. The predicted octanol–water partition coefficient (Wildman–Crippen LogP) is 10.6. The first-order valence-electron chi connectivity index (χ1n) is 13.9. The van der Waals surface area contributed by atoms with E-state index in [0.717, 1.165) is 22.9 Å². The van der Waals surface area contributed by atoms with Gasteiger partial charge in [0.1, 0.15) is 0 Å². The standard InChI is InChI=1S/C39H29N/c1-2-27-7-9-28(10-8-27)29-11-13-30(14-12-29)34-21-19-32-20-22-35(24-37(32)23-34)31-15-17-33(18-16-31)38-25-36-5-3-4-6-39(36)40-26-38/h3-26H,2H2,1H3. The number of benzene rings is 6. The van der Waals surface area contributed by atoms with Gasteiger partial charge in [0.15, 0.2) is 0 Å². The van der Waals surface area contributed by atoms with Gasteiger partial charge in [-0.15, -0.1) is 0 Å². The number of aryl methyl sites for hydroxylation is 1. The van der Waals surface area contributed by atoms with Gasteiger partial charge in [-0.2, -0.15) is 0 Å². The smallest absolute Gasteiger partial charge is 0.0702 e. The average Bonchev–Trinajstić information content (AvgIpc) is 3.04. The van der Waals surface area contributed by atoms with Crippen molar-refractivity contribution in [3.63, 3.8) is 0 Å². The molecule has 6 aromatic carbocycles. The Morgan fingerprint density at radius 1 is 0.400 bits per heavy atom. The summed E-state index contributed by atoms with van der Waals surface area (Å²) < 4.78 is 0. The van der Waals surface area contributed by atoms with Crippen LogP contribution in [0.15, 0.2) is 146 Å². The molecule has 0 aliphatic rings. The van der Waals surface area contributed by atoms with Crippen molar-refractivity contribution in [2.75, 3.05) is 0 Å². The van der Waals surface area contributed by atoms with Gasteiger partial charge in [-0.3, -0.25) is 4.98 Å². The number of hydrogen-bond donors (Lipinski definition) is 0. The maximum Gasteiger partial charge on any atom is 0.0702 e. The molecule has 0 radical (unpaired) electrons. The van der Waals surface area contributed by atoms with Gasteiger partial charge in [0.2, 0.25) is 0 Å². The van der Waals surface area contributed by atoms with Gasteiger partial charge < -0.3 is 0 Å². The zero-order valence-corrected chi connectivity index (χ0v) is 22.5. The first kappa shape index (κ1) is 24.1. The van der Waals surface area contributed by atoms with E-state index in [1.807, 2.05) is 12.3 Å². The lowest BCUT2D eigenvalue weighted by Crippen LogP contribution is -1.85. The van der Waals surface area contributed by atoms with Gasteiger partial charge in [-0.25, -0.2) is 0 Å². The molecule has 7 aromatic rings. The van der Waals surface area contributed by atoms with Crippen molar-refractivity contribution < 1.29 is 0 Å². The summed E-state index contributed by atoms with van der Waals surface area (Å²) in [7, 11) is 0. The van der Waals surface area contributed by atoms with Crippen LogP contribution in [0, 0.1) is 0 Å². The van der Waals surface area contributed by atoms with Crippen molar-refractivity contribution in [3.05, 3.63) is 151 Å². The lowest BCUT2D eigenvalue weighted by Gasteiger charge is -2.09. The number of rotatable bonds is 5. The first-order valence-corrected chi connectivity index (χ1v) is 13.9. The quantitative estimate of drug-likeness (QED) is 0.224. The van der Waals surface area contributed by atoms with Crippen molar-refractivity contribution in [1.82, 2.24) is 4.98 Å². The third kappa shape index (κ3) is 4.67. The Morgan fingerprint density at radius 2 is 0.850 bits per heavy atom. The van der Waals surface area contributed by atoms with Crippen molar-refractivity contribution in [2.24, 2.45) is 0 Å². The Morgan fingerprint density at radius 3 is 1.43 bits per heavy atom. The van der Waals surface area contributed by atoms with Crippen LogP contribution in [0.3, 0.4) is 0 Å². The minimum Gasteiger partial charge on any atom is -0.256 e. The molecule has 1 aromatic heterocycles. The monoisotopic (exact) mass is 511 g/mol. The molecule has 190 valence electrons. The molecule has 0 fully saturated rings. The van der Waals surface area contributed by atoms with E-state index in [2.05, 4.69) is 145 Å². The van der Waals surface area contributed by atoms with Crippen molar-refractivity contribution in [1.29, 1.82) is 0 Å². The third-order valence-corrected chi connectivity index (χ3v) is 7.90. The molecule has 0 bridgehead atoms. The summed E-state index contributed by atoms with van der Waals surface area (Å²) in [4.78, 5) is 4.63. The minimum atomic E-state index is 1.02. The normalized spacial score (nSPS) is 11.2. The first-order chi connectivity index (χ1) is 19.7. The molecule has 1 nitrogen and oxygen atoms in total. The Labute approximate surface area is 235 Å². The fraction of sp³-hybridized carbons (Fsp3) is 0.0513. The number of nitrogens with zero attached hydrogens (tertiary/aromatic N) is 1. The maximum atomic E-state index is 4.63. The SMILES string of the molecule is CCc1ccc(-c2ccc(-c3ccc4ccc(-c5ccc(-c6cnc7ccccc7c6)cc5)cc4c3)cc2)cc1. The van der Waals surface area contributed by atoms with E-state index in [1.54, 1.807) is 0 Å². The molecule has 1 heteroatoms. The van der Waals surface area contributed by atoms with E-state index in [4.69, 9.17) is 0 Å². The van der Waals surface area contributed by atoms with Gasteiger partial charge in [0.05, 0.1) is 5.52 Å². The second-order valence-electron chi connectivity index (χ2n) is 10.4. The largest absolute Gasteiger partial charge is 0.256 e. The summed E-state index contributed by atoms with van der Waals surface area (Å²) in [5, 5.41) is 3.66. The van der Waals surface area contributed by atoms with Crippen molar-refractivity contribution in [2.45, 2.75) is 13.3 Å². The van der Waals surface area contributed by atoms with Crippen molar-refractivity contribution >= 4 is 21.7 Å². The van der Waals surface area contributed by atoms with E-state index < -0.39 is 0 Å². The highest BCUT2D eigenvalue weighted by Crippen LogP contribution is 2.31. The molecular weight excluding hydrogens is 482 g/mol. The summed E-state index contributed by atoms with van der Waals surface area (Å²) in [5.41, 5.74) is 12.1. The summed E-state index contributed by atoms with van der Waals surface area (Å²) in [6.45, 7) is 2.19. The van der Waals surface area contributed by atoms with Crippen LogP contribution in [0.2, 0.25) is 0 Å². The van der Waals surface area contributed by atoms with Gasteiger partial charge >= 0.3 is 0 Å². The Bertz CT molecular complexity index is 1950. The van der Waals surface area contributed by atoms with E-state index in [0.29, 0.717) is 0 Å². The summed E-state index contributed by atoms with van der Waals surface area (Å²) >= 11 is 0. The van der Waals surface area contributed by atoms with Crippen LogP contribution in [-0.4, -0.2) is 4.98 Å². The highest BCUT2D eigenvalue weighted by atomic mass is 14.6. The van der Waals surface area contributed by atoms with Gasteiger partial charge in [-0.1, -0.05) is 122 Å². The molecule has 7 rings (SSSR count). The summed E-state index contributed by atoms with van der Waals surface area (Å²) in [5.74, 6) is 0. The molecule has 1 heterocycles. The second-order valence-corrected chi connectivity index (χ2v) is 10.4. The molecule has 0 amide bonds. The van der Waals surface area contributed by atoms with Crippen LogP contribution in [0.5, 0.6) is 0 Å². The molecular formula is C39H29N. The predicted molar refractivity (Wildman–Crippen MR) is 170 cm³/mol. The Kier molecular flexibility index (Phi) is 6.18. The Hall–Kier alpha value is -5.01. The van der Waals surface area contributed by atoms with E-state index in [-0.39, 0.29) is 0 Å². The second kappa shape index (κ2) is 10.3. The topological polar surface area (TPSA) is 12.9 Å². The average molecular weight is 512 g/mol. The highest BCUT2D eigenvalue weighted by molar-refractivity contribution is 5.91. The zero-order chi connectivity index (χ0) is 26.9. The fourth-order valence-electron chi connectivity index (χ4n) is 5.48. The molecule has 0 spiro atoms.